The van der Waals surface area contributed by atoms with Crippen LogP contribution < -0.4 is 5.32 Å². The van der Waals surface area contributed by atoms with Crippen molar-refractivity contribution < 1.29 is 4.79 Å². The van der Waals surface area contributed by atoms with E-state index < -0.39 is 0 Å². The Kier molecular flexibility index (Phi) is 4.80. The number of nitrogens with one attached hydrogen (secondary N) is 1. The highest BCUT2D eigenvalue weighted by Gasteiger charge is 2.31. The summed E-state index contributed by atoms with van der Waals surface area (Å²) in [4.78, 5) is 16.9. The molecule has 2 saturated heterocycles. The quantitative estimate of drug-likeness (QED) is 0.787. The summed E-state index contributed by atoms with van der Waals surface area (Å²) in [6.45, 7) is 8.04. The third kappa shape index (κ3) is 3.19. The molecule has 0 saturated carbocycles. The van der Waals surface area contributed by atoms with E-state index in [1.165, 1.54) is 12.8 Å². The molecule has 2 heterocycles. The molecule has 0 bridgehead atoms. The molecule has 2 aliphatic heterocycles. The Hall–Kier alpha value is -0.610. The molecule has 0 aromatic heterocycles. The predicted octanol–water partition coefficient (Wildman–Crippen LogP) is 0.683. The van der Waals surface area contributed by atoms with Crippen molar-refractivity contribution >= 4 is 5.91 Å². The summed E-state index contributed by atoms with van der Waals surface area (Å²) in [5.74, 6) is 0.375. The summed E-state index contributed by atoms with van der Waals surface area (Å²) in [5.41, 5.74) is 0. The predicted molar refractivity (Wildman–Crippen MR) is 69.0 cm³/mol. The van der Waals surface area contributed by atoms with Gasteiger partial charge >= 0.3 is 0 Å². The van der Waals surface area contributed by atoms with Gasteiger partial charge in [0.25, 0.3) is 0 Å². The van der Waals surface area contributed by atoms with E-state index in [1.807, 2.05) is 0 Å². The van der Waals surface area contributed by atoms with Crippen LogP contribution in [0.3, 0.4) is 0 Å². The zero-order valence-electron chi connectivity index (χ0n) is 11.0. The van der Waals surface area contributed by atoms with E-state index in [-0.39, 0.29) is 6.04 Å². The summed E-state index contributed by atoms with van der Waals surface area (Å²) in [5, 5.41) is 3.30. The number of rotatable bonds is 3. The SMILES string of the molecule is CCCN1CCCCC1C(=O)N1CCNCC1. The van der Waals surface area contributed by atoms with Gasteiger partial charge in [-0.1, -0.05) is 13.3 Å². The van der Waals surface area contributed by atoms with Gasteiger partial charge in [-0.15, -0.1) is 0 Å². The summed E-state index contributed by atoms with van der Waals surface area (Å²) in [6.07, 6.45) is 4.67. The first-order chi connectivity index (χ1) is 8.33. The van der Waals surface area contributed by atoms with Crippen LogP contribution in [0.2, 0.25) is 0 Å². The second kappa shape index (κ2) is 6.36. The maximum absolute atomic E-state index is 12.5. The first kappa shape index (κ1) is 12.8. The normalized spacial score (nSPS) is 27.1. The molecule has 4 nitrogen and oxygen atoms in total. The molecular weight excluding hydrogens is 214 g/mol. The molecule has 1 N–H and O–H groups in total. The van der Waals surface area contributed by atoms with Gasteiger partial charge in [0.1, 0.15) is 0 Å². The molecule has 2 aliphatic rings. The third-order valence-corrected chi connectivity index (χ3v) is 3.84. The Labute approximate surface area is 104 Å². The number of hydrogen-bond acceptors (Lipinski definition) is 3. The van der Waals surface area contributed by atoms with Crippen LogP contribution in [0.25, 0.3) is 0 Å². The minimum absolute atomic E-state index is 0.168. The monoisotopic (exact) mass is 239 g/mol. The molecule has 1 amide bonds. The first-order valence-electron chi connectivity index (χ1n) is 7.06. The van der Waals surface area contributed by atoms with E-state index in [0.717, 1.165) is 52.1 Å². The van der Waals surface area contributed by atoms with Gasteiger partial charge in [-0.05, 0) is 32.4 Å². The molecule has 0 radical (unpaired) electrons. The van der Waals surface area contributed by atoms with E-state index in [1.54, 1.807) is 0 Å². The van der Waals surface area contributed by atoms with E-state index >= 15 is 0 Å². The maximum atomic E-state index is 12.5. The van der Waals surface area contributed by atoms with Crippen molar-refractivity contribution in [1.29, 1.82) is 0 Å². The van der Waals surface area contributed by atoms with Gasteiger partial charge in [-0.25, -0.2) is 0 Å². The fourth-order valence-corrected chi connectivity index (χ4v) is 2.92. The molecule has 1 atom stereocenters. The number of likely N-dealkylation sites (tertiary alicyclic amines) is 1. The molecule has 1 unspecified atom stereocenters. The van der Waals surface area contributed by atoms with Crippen LogP contribution in [-0.2, 0) is 4.79 Å². The summed E-state index contributed by atoms with van der Waals surface area (Å²) in [6, 6.07) is 0.168. The highest BCUT2D eigenvalue weighted by atomic mass is 16.2. The fraction of sp³-hybridized carbons (Fsp3) is 0.923. The number of amides is 1. The topological polar surface area (TPSA) is 35.6 Å². The average molecular weight is 239 g/mol. The molecule has 0 aromatic rings. The minimum Gasteiger partial charge on any atom is -0.339 e. The zero-order valence-corrected chi connectivity index (χ0v) is 11.0. The van der Waals surface area contributed by atoms with Crippen molar-refractivity contribution in [1.82, 2.24) is 15.1 Å². The molecule has 4 heteroatoms. The Morgan fingerprint density at radius 3 is 2.71 bits per heavy atom. The van der Waals surface area contributed by atoms with Crippen LogP contribution in [0.5, 0.6) is 0 Å². The molecule has 0 aliphatic carbocycles. The van der Waals surface area contributed by atoms with Gasteiger partial charge in [0.05, 0.1) is 6.04 Å². The van der Waals surface area contributed by atoms with Gasteiger partial charge in [0.2, 0.25) is 5.91 Å². The van der Waals surface area contributed by atoms with Crippen molar-refractivity contribution in [3.8, 4) is 0 Å². The van der Waals surface area contributed by atoms with Crippen molar-refractivity contribution in [3.05, 3.63) is 0 Å². The van der Waals surface area contributed by atoms with Crippen LogP contribution >= 0.6 is 0 Å². The van der Waals surface area contributed by atoms with Crippen molar-refractivity contribution in [2.75, 3.05) is 39.3 Å². The molecule has 0 spiro atoms. The van der Waals surface area contributed by atoms with Crippen LogP contribution in [0.4, 0.5) is 0 Å². The van der Waals surface area contributed by atoms with Crippen LogP contribution in [0.15, 0.2) is 0 Å². The van der Waals surface area contributed by atoms with Gasteiger partial charge in [0, 0.05) is 26.2 Å². The lowest BCUT2D eigenvalue weighted by Crippen LogP contribution is -2.55. The van der Waals surface area contributed by atoms with Crippen LogP contribution in [0, 0.1) is 0 Å². The second-order valence-electron chi connectivity index (χ2n) is 5.12. The van der Waals surface area contributed by atoms with E-state index in [4.69, 9.17) is 0 Å². The zero-order chi connectivity index (χ0) is 12.1. The van der Waals surface area contributed by atoms with E-state index in [9.17, 15) is 4.79 Å². The smallest absolute Gasteiger partial charge is 0.240 e. The van der Waals surface area contributed by atoms with Crippen LogP contribution in [-0.4, -0.2) is 61.0 Å². The average Bonchev–Trinajstić information content (AvgIpc) is 2.40. The molecule has 2 fully saturated rings. The Balaban J connectivity index is 1.94. The highest BCUT2D eigenvalue weighted by molar-refractivity contribution is 5.82. The Bertz CT molecular complexity index is 249. The lowest BCUT2D eigenvalue weighted by molar-refractivity contribution is -0.138. The highest BCUT2D eigenvalue weighted by Crippen LogP contribution is 2.19. The number of piperidine rings is 1. The van der Waals surface area contributed by atoms with Gasteiger partial charge in [0.15, 0.2) is 0 Å². The van der Waals surface area contributed by atoms with Crippen molar-refractivity contribution in [2.24, 2.45) is 0 Å². The number of carbonyl (C=O) groups excluding carboxylic acids is 1. The third-order valence-electron chi connectivity index (χ3n) is 3.84. The van der Waals surface area contributed by atoms with Crippen molar-refractivity contribution in [3.63, 3.8) is 0 Å². The van der Waals surface area contributed by atoms with Crippen LogP contribution in [0.1, 0.15) is 32.6 Å². The first-order valence-corrected chi connectivity index (χ1v) is 7.06. The maximum Gasteiger partial charge on any atom is 0.240 e. The molecule has 2 rings (SSSR count). The van der Waals surface area contributed by atoms with Gasteiger partial charge < -0.3 is 10.2 Å². The number of piperazine rings is 1. The summed E-state index contributed by atoms with van der Waals surface area (Å²) < 4.78 is 0. The van der Waals surface area contributed by atoms with E-state index in [0.29, 0.717) is 5.91 Å². The van der Waals surface area contributed by atoms with Gasteiger partial charge in [-0.3, -0.25) is 9.69 Å². The largest absolute Gasteiger partial charge is 0.339 e. The minimum atomic E-state index is 0.168. The number of carbonyl (C=O) groups is 1. The Morgan fingerprint density at radius 1 is 1.24 bits per heavy atom. The lowest BCUT2D eigenvalue weighted by Gasteiger charge is -2.38. The fourth-order valence-electron chi connectivity index (χ4n) is 2.92. The number of nitrogens with zero attached hydrogens (tertiary/aromatic N) is 2. The molecule has 17 heavy (non-hydrogen) atoms. The molecule has 0 aromatic carbocycles. The standard InChI is InChI=1S/C13H25N3O/c1-2-8-15-9-4-3-5-12(15)13(17)16-10-6-14-7-11-16/h12,14H,2-11H2,1H3. The molecule has 98 valence electrons. The second-order valence-corrected chi connectivity index (χ2v) is 5.12. The van der Waals surface area contributed by atoms with Crippen molar-refractivity contribution in [2.45, 2.75) is 38.6 Å². The molecular formula is C13H25N3O. The van der Waals surface area contributed by atoms with Gasteiger partial charge in [-0.2, -0.15) is 0 Å². The van der Waals surface area contributed by atoms with E-state index in [2.05, 4.69) is 22.0 Å². The summed E-state index contributed by atoms with van der Waals surface area (Å²) >= 11 is 0. The Morgan fingerprint density at radius 2 is 2.00 bits per heavy atom. The summed E-state index contributed by atoms with van der Waals surface area (Å²) in [7, 11) is 0. The number of hydrogen-bond donors (Lipinski definition) is 1. The lowest BCUT2D eigenvalue weighted by atomic mass is 10.0.